The SMILES string of the molecule is Cc1ccccc1C(=O)N[C@H](CC(C)C)C(=O)NCC(=O)OCc1ccccc1. The number of ether oxygens (including phenoxy) is 1. The van der Waals surface area contributed by atoms with Crippen LogP contribution < -0.4 is 10.6 Å². The highest BCUT2D eigenvalue weighted by molar-refractivity contribution is 5.98. The second-order valence-electron chi connectivity index (χ2n) is 7.33. The van der Waals surface area contributed by atoms with Gasteiger partial charge >= 0.3 is 5.97 Å². The van der Waals surface area contributed by atoms with Gasteiger partial charge in [-0.05, 0) is 36.5 Å². The largest absolute Gasteiger partial charge is 0.460 e. The fourth-order valence-corrected chi connectivity index (χ4v) is 2.84. The van der Waals surface area contributed by atoms with Crippen LogP contribution in [-0.4, -0.2) is 30.4 Å². The Labute approximate surface area is 171 Å². The van der Waals surface area contributed by atoms with Crippen molar-refractivity contribution in [3.8, 4) is 0 Å². The number of nitrogens with one attached hydrogen (secondary N) is 2. The molecule has 29 heavy (non-hydrogen) atoms. The van der Waals surface area contributed by atoms with E-state index in [1.165, 1.54) is 0 Å². The minimum atomic E-state index is -0.732. The number of carbonyl (C=O) groups is 3. The predicted octanol–water partition coefficient (Wildman–Crippen LogP) is 3.00. The average molecular weight is 396 g/mol. The van der Waals surface area contributed by atoms with E-state index in [0.29, 0.717) is 12.0 Å². The van der Waals surface area contributed by atoms with Gasteiger partial charge in [0, 0.05) is 5.56 Å². The summed E-state index contributed by atoms with van der Waals surface area (Å²) in [5, 5.41) is 5.35. The smallest absolute Gasteiger partial charge is 0.325 e. The number of rotatable bonds is 9. The number of hydrogen-bond donors (Lipinski definition) is 2. The highest BCUT2D eigenvalue weighted by atomic mass is 16.5. The number of benzene rings is 2. The van der Waals surface area contributed by atoms with Crippen molar-refractivity contribution in [1.29, 1.82) is 0 Å². The van der Waals surface area contributed by atoms with Gasteiger partial charge in [-0.1, -0.05) is 62.4 Å². The van der Waals surface area contributed by atoms with Crippen molar-refractivity contribution >= 4 is 17.8 Å². The van der Waals surface area contributed by atoms with Crippen LogP contribution in [0.4, 0.5) is 0 Å². The van der Waals surface area contributed by atoms with Gasteiger partial charge < -0.3 is 15.4 Å². The van der Waals surface area contributed by atoms with Crippen LogP contribution in [0, 0.1) is 12.8 Å². The quantitative estimate of drug-likeness (QED) is 0.638. The molecule has 2 rings (SSSR count). The van der Waals surface area contributed by atoms with Crippen molar-refractivity contribution in [3.05, 3.63) is 71.3 Å². The van der Waals surface area contributed by atoms with Crippen molar-refractivity contribution in [2.24, 2.45) is 5.92 Å². The highest BCUT2D eigenvalue weighted by Crippen LogP contribution is 2.10. The van der Waals surface area contributed by atoms with Crippen LogP contribution in [0.1, 0.15) is 41.8 Å². The minimum Gasteiger partial charge on any atom is -0.460 e. The maximum Gasteiger partial charge on any atom is 0.325 e. The number of amides is 2. The van der Waals surface area contributed by atoms with Crippen LogP contribution in [0.3, 0.4) is 0 Å². The van der Waals surface area contributed by atoms with E-state index in [9.17, 15) is 14.4 Å². The minimum absolute atomic E-state index is 0.148. The first kappa shape index (κ1) is 22.1. The molecule has 6 heteroatoms. The van der Waals surface area contributed by atoms with Gasteiger partial charge in [-0.15, -0.1) is 0 Å². The molecule has 2 aromatic carbocycles. The standard InChI is InChI=1S/C23H28N2O4/c1-16(2)13-20(25-22(27)19-12-8-7-9-17(19)3)23(28)24-14-21(26)29-15-18-10-5-4-6-11-18/h4-12,16,20H,13-15H2,1-3H3,(H,24,28)(H,25,27)/t20-/m1/s1. The van der Waals surface area contributed by atoms with E-state index in [1.807, 2.05) is 63.2 Å². The molecule has 6 nitrogen and oxygen atoms in total. The molecule has 0 spiro atoms. The maximum absolute atomic E-state index is 12.6. The van der Waals surface area contributed by atoms with Crippen LogP contribution in [-0.2, 0) is 20.9 Å². The monoisotopic (exact) mass is 396 g/mol. The molecule has 0 bridgehead atoms. The summed E-state index contributed by atoms with van der Waals surface area (Å²) in [6, 6.07) is 15.8. The number of aryl methyl sites for hydroxylation is 1. The van der Waals surface area contributed by atoms with Gasteiger partial charge in [0.25, 0.3) is 5.91 Å². The molecular formula is C23H28N2O4. The first-order valence-corrected chi connectivity index (χ1v) is 9.70. The van der Waals surface area contributed by atoms with Gasteiger partial charge in [0.15, 0.2) is 0 Å². The van der Waals surface area contributed by atoms with Crippen LogP contribution in [0.5, 0.6) is 0 Å². The molecule has 154 valence electrons. The molecule has 0 unspecified atom stereocenters. The van der Waals surface area contributed by atoms with Crippen LogP contribution in [0.15, 0.2) is 54.6 Å². The van der Waals surface area contributed by atoms with Crippen molar-refractivity contribution < 1.29 is 19.1 Å². The first-order valence-electron chi connectivity index (χ1n) is 9.70. The van der Waals surface area contributed by atoms with Gasteiger partial charge in [-0.3, -0.25) is 14.4 Å². The topological polar surface area (TPSA) is 84.5 Å². The Balaban J connectivity index is 1.90. The van der Waals surface area contributed by atoms with Gasteiger partial charge in [0.1, 0.15) is 19.2 Å². The van der Waals surface area contributed by atoms with E-state index in [1.54, 1.807) is 12.1 Å². The van der Waals surface area contributed by atoms with E-state index < -0.39 is 17.9 Å². The van der Waals surface area contributed by atoms with Gasteiger partial charge in [-0.25, -0.2) is 0 Å². The van der Waals surface area contributed by atoms with E-state index in [0.717, 1.165) is 11.1 Å². The molecule has 2 aromatic rings. The van der Waals surface area contributed by atoms with Gasteiger partial charge in [-0.2, -0.15) is 0 Å². The normalized spacial score (nSPS) is 11.6. The Morgan fingerprint density at radius 1 is 0.966 bits per heavy atom. The van der Waals surface area contributed by atoms with E-state index >= 15 is 0 Å². The Hall–Kier alpha value is -3.15. The molecule has 0 aromatic heterocycles. The zero-order valence-electron chi connectivity index (χ0n) is 17.1. The molecule has 1 atom stereocenters. The summed E-state index contributed by atoms with van der Waals surface area (Å²) < 4.78 is 5.16. The van der Waals surface area contributed by atoms with Gasteiger partial charge in [0.05, 0.1) is 0 Å². The van der Waals surface area contributed by atoms with Gasteiger partial charge in [0.2, 0.25) is 5.91 Å². The summed E-state index contributed by atoms with van der Waals surface area (Å²) >= 11 is 0. The second kappa shape index (κ2) is 11.0. The molecule has 0 aliphatic rings. The summed E-state index contributed by atoms with van der Waals surface area (Å²) in [4.78, 5) is 37.1. The Morgan fingerprint density at radius 2 is 1.62 bits per heavy atom. The summed E-state index contributed by atoms with van der Waals surface area (Å²) in [5.41, 5.74) is 2.23. The number of hydrogen-bond acceptors (Lipinski definition) is 4. The maximum atomic E-state index is 12.6. The molecular weight excluding hydrogens is 368 g/mol. The molecule has 0 aliphatic heterocycles. The van der Waals surface area contributed by atoms with E-state index in [-0.39, 0.29) is 25.0 Å². The van der Waals surface area contributed by atoms with Crippen molar-refractivity contribution in [3.63, 3.8) is 0 Å². The third kappa shape index (κ3) is 7.41. The zero-order chi connectivity index (χ0) is 21.2. The predicted molar refractivity (Wildman–Crippen MR) is 111 cm³/mol. The third-order valence-corrected chi connectivity index (χ3v) is 4.37. The molecule has 0 fully saturated rings. The molecule has 0 saturated carbocycles. The van der Waals surface area contributed by atoms with Crippen LogP contribution in [0.25, 0.3) is 0 Å². The Bertz CT molecular complexity index is 834. The Kier molecular flexibility index (Phi) is 8.40. The molecule has 0 saturated heterocycles. The summed E-state index contributed by atoms with van der Waals surface area (Å²) in [6.07, 6.45) is 0.461. The van der Waals surface area contributed by atoms with Crippen molar-refractivity contribution in [2.75, 3.05) is 6.54 Å². The summed E-state index contributed by atoms with van der Waals surface area (Å²) in [7, 11) is 0. The van der Waals surface area contributed by atoms with Crippen molar-refractivity contribution in [2.45, 2.75) is 39.8 Å². The Morgan fingerprint density at radius 3 is 2.28 bits per heavy atom. The average Bonchev–Trinajstić information content (AvgIpc) is 2.70. The third-order valence-electron chi connectivity index (χ3n) is 4.37. The number of esters is 1. The van der Waals surface area contributed by atoms with Crippen LogP contribution >= 0.6 is 0 Å². The lowest BCUT2D eigenvalue weighted by Crippen LogP contribution is -2.48. The highest BCUT2D eigenvalue weighted by Gasteiger charge is 2.23. The molecule has 2 N–H and O–H groups in total. The van der Waals surface area contributed by atoms with Crippen LogP contribution in [0.2, 0.25) is 0 Å². The number of carbonyl (C=O) groups excluding carboxylic acids is 3. The second-order valence-corrected chi connectivity index (χ2v) is 7.33. The molecule has 2 amide bonds. The fraction of sp³-hybridized carbons (Fsp3) is 0.348. The fourth-order valence-electron chi connectivity index (χ4n) is 2.84. The lowest BCUT2D eigenvalue weighted by Gasteiger charge is -2.20. The lowest BCUT2D eigenvalue weighted by atomic mass is 10.0. The first-order chi connectivity index (χ1) is 13.9. The summed E-state index contributed by atoms with van der Waals surface area (Å²) in [5.74, 6) is -1.06. The molecule has 0 aliphatic carbocycles. The van der Waals surface area contributed by atoms with E-state index in [2.05, 4.69) is 10.6 Å². The zero-order valence-corrected chi connectivity index (χ0v) is 17.1. The summed E-state index contributed by atoms with van der Waals surface area (Å²) in [6.45, 7) is 5.67. The van der Waals surface area contributed by atoms with E-state index in [4.69, 9.17) is 4.74 Å². The lowest BCUT2D eigenvalue weighted by molar-refractivity contribution is -0.145. The molecule has 0 radical (unpaired) electrons. The van der Waals surface area contributed by atoms with Crippen molar-refractivity contribution in [1.82, 2.24) is 10.6 Å². The molecule has 0 heterocycles.